The molecule has 0 heterocycles. The Balaban J connectivity index is 0. The highest BCUT2D eigenvalue weighted by molar-refractivity contribution is 5.72. The van der Waals surface area contributed by atoms with Crippen LogP contribution in [0.1, 0.15) is 0 Å². The fourth-order valence-corrected chi connectivity index (χ4v) is 0.125. The lowest BCUT2D eigenvalue weighted by Crippen LogP contribution is -2.28. The summed E-state index contributed by atoms with van der Waals surface area (Å²) in [4.78, 5) is 9.96. The maximum absolute atomic E-state index is 9.96. The van der Waals surface area contributed by atoms with Crippen molar-refractivity contribution < 1.29 is 9.50 Å². The van der Waals surface area contributed by atoms with Crippen LogP contribution in [-0.2, 0) is 0 Å². The molecule has 0 aromatic rings. The summed E-state index contributed by atoms with van der Waals surface area (Å²) in [6.07, 6.45) is 0. The second kappa shape index (κ2) is 5.20. The Kier molecular flexibility index (Phi) is 7.06. The Hall–Kier alpha value is -0.800. The van der Waals surface area contributed by atoms with Crippen LogP contribution in [0.3, 0.4) is 0 Å². The van der Waals surface area contributed by atoms with Crippen LogP contribution in [-0.4, -0.2) is 20.1 Å². The first-order valence-electron chi connectivity index (χ1n) is 1.70. The molecule has 7 heavy (non-hydrogen) atoms. The number of halogens is 1. The van der Waals surface area contributed by atoms with Gasteiger partial charge >= 0.3 is 6.03 Å². The van der Waals surface area contributed by atoms with Gasteiger partial charge in [0.15, 0.2) is 0 Å². The first kappa shape index (κ1) is 9.50. The van der Waals surface area contributed by atoms with Crippen LogP contribution in [0, 0.1) is 0 Å². The van der Waals surface area contributed by atoms with Crippen molar-refractivity contribution in [2.24, 2.45) is 0 Å². The van der Waals surface area contributed by atoms with Crippen molar-refractivity contribution in [3.63, 3.8) is 0 Å². The summed E-state index contributed by atoms with van der Waals surface area (Å²) in [5.74, 6) is 0. The number of amides is 2. The van der Waals surface area contributed by atoms with E-state index < -0.39 is 0 Å². The van der Waals surface area contributed by atoms with Gasteiger partial charge in [-0.05, 0) is 0 Å². The third-order valence-electron chi connectivity index (χ3n) is 0.454. The number of urea groups is 1. The second-order valence-electron chi connectivity index (χ2n) is 0.829. The van der Waals surface area contributed by atoms with E-state index in [2.05, 4.69) is 10.6 Å². The molecule has 0 aliphatic rings. The van der Waals surface area contributed by atoms with E-state index in [4.69, 9.17) is 0 Å². The molecule has 0 saturated carbocycles. The zero-order valence-corrected chi connectivity index (χ0v) is 4.32. The molecule has 44 valence electrons. The summed E-state index contributed by atoms with van der Waals surface area (Å²) in [6.45, 7) is 0. The van der Waals surface area contributed by atoms with Crippen LogP contribution < -0.4 is 10.6 Å². The van der Waals surface area contributed by atoms with Gasteiger partial charge in [0.2, 0.25) is 0 Å². The predicted molar refractivity (Wildman–Crippen MR) is 26.0 cm³/mol. The normalized spacial score (nSPS) is 6.00. The molecule has 0 saturated heterocycles. The van der Waals surface area contributed by atoms with Gasteiger partial charge in [-0.25, -0.2) is 4.79 Å². The van der Waals surface area contributed by atoms with E-state index >= 15 is 0 Å². The van der Waals surface area contributed by atoms with Gasteiger partial charge in [0.25, 0.3) is 0 Å². The van der Waals surface area contributed by atoms with E-state index in [1.807, 2.05) is 0 Å². The average molecular weight is 108 g/mol. The molecule has 0 radical (unpaired) electrons. The highest BCUT2D eigenvalue weighted by Gasteiger charge is 1.81. The number of hydrogen-bond acceptors (Lipinski definition) is 1. The molecule has 0 spiro atoms. The van der Waals surface area contributed by atoms with Gasteiger partial charge in [0.05, 0.1) is 0 Å². The Morgan fingerprint density at radius 3 is 1.57 bits per heavy atom. The summed E-state index contributed by atoms with van der Waals surface area (Å²) in [5, 5.41) is 4.73. The van der Waals surface area contributed by atoms with E-state index in [0.29, 0.717) is 0 Å². The van der Waals surface area contributed by atoms with Gasteiger partial charge in [0.1, 0.15) is 0 Å². The topological polar surface area (TPSA) is 41.1 Å². The molecule has 0 aliphatic carbocycles. The molecule has 0 atom stereocenters. The van der Waals surface area contributed by atoms with E-state index in [9.17, 15) is 4.79 Å². The molecule has 0 rings (SSSR count). The van der Waals surface area contributed by atoms with Crippen LogP contribution in [0.5, 0.6) is 0 Å². The molecular weight excluding hydrogens is 99.0 g/mol. The summed E-state index contributed by atoms with van der Waals surface area (Å²) < 4.78 is 0. The van der Waals surface area contributed by atoms with Gasteiger partial charge in [-0.1, -0.05) is 0 Å². The first-order chi connectivity index (χ1) is 2.81. The largest absolute Gasteiger partial charge is 0.341 e. The minimum absolute atomic E-state index is 0. The molecule has 0 aliphatic heterocycles. The van der Waals surface area contributed by atoms with Crippen molar-refractivity contribution in [2.45, 2.75) is 0 Å². The molecular formula is C3H9FN2O. The van der Waals surface area contributed by atoms with Crippen LogP contribution in [0.25, 0.3) is 0 Å². The zero-order valence-electron chi connectivity index (χ0n) is 4.32. The molecule has 3 nitrogen and oxygen atoms in total. The van der Waals surface area contributed by atoms with Crippen molar-refractivity contribution in [3.05, 3.63) is 0 Å². The van der Waals surface area contributed by atoms with Gasteiger partial charge in [-0.3, -0.25) is 4.70 Å². The van der Waals surface area contributed by atoms with Crippen molar-refractivity contribution in [3.8, 4) is 0 Å². The molecule has 0 aromatic carbocycles. The van der Waals surface area contributed by atoms with Gasteiger partial charge in [-0.2, -0.15) is 0 Å². The third kappa shape index (κ3) is 5.20. The van der Waals surface area contributed by atoms with Gasteiger partial charge in [0, 0.05) is 14.1 Å². The van der Waals surface area contributed by atoms with E-state index in [-0.39, 0.29) is 10.7 Å². The SMILES string of the molecule is CNC(=O)NC.F. The smallest absolute Gasteiger partial charge is 0.314 e. The molecule has 2 N–H and O–H groups in total. The number of carbonyl (C=O) groups is 1. The molecule has 2 amide bonds. The van der Waals surface area contributed by atoms with Crippen LogP contribution in [0.4, 0.5) is 9.50 Å². The molecule has 0 bridgehead atoms. The Labute approximate surface area is 41.5 Å². The number of hydrogen-bond donors (Lipinski definition) is 2. The summed E-state index contributed by atoms with van der Waals surface area (Å²) >= 11 is 0. The monoisotopic (exact) mass is 108 g/mol. The molecule has 4 heteroatoms. The highest BCUT2D eigenvalue weighted by atomic mass is 19.0. The molecule has 0 aromatic heterocycles. The average Bonchev–Trinajstić information content (AvgIpc) is 1.65. The van der Waals surface area contributed by atoms with Crippen molar-refractivity contribution in [1.82, 2.24) is 10.6 Å². The van der Waals surface area contributed by atoms with Crippen molar-refractivity contribution >= 4 is 6.03 Å². The Morgan fingerprint density at radius 2 is 1.57 bits per heavy atom. The zero-order chi connectivity index (χ0) is 4.99. The Morgan fingerprint density at radius 1 is 1.29 bits per heavy atom. The number of carbonyl (C=O) groups excluding carboxylic acids is 1. The third-order valence-corrected chi connectivity index (χ3v) is 0.454. The van der Waals surface area contributed by atoms with Crippen LogP contribution >= 0.6 is 0 Å². The summed E-state index contributed by atoms with van der Waals surface area (Å²) in [6, 6.07) is -0.157. The minimum atomic E-state index is -0.157. The quantitative estimate of drug-likeness (QED) is 0.439. The summed E-state index contributed by atoms with van der Waals surface area (Å²) in [5.41, 5.74) is 0. The van der Waals surface area contributed by atoms with Crippen molar-refractivity contribution in [2.75, 3.05) is 14.1 Å². The first-order valence-corrected chi connectivity index (χ1v) is 1.70. The maximum atomic E-state index is 9.96. The molecule has 0 unspecified atom stereocenters. The fraction of sp³-hybridized carbons (Fsp3) is 0.667. The van der Waals surface area contributed by atoms with E-state index in [1.54, 1.807) is 14.1 Å². The van der Waals surface area contributed by atoms with E-state index in [1.165, 1.54) is 0 Å². The summed E-state index contributed by atoms with van der Waals surface area (Å²) in [7, 11) is 3.14. The molecule has 0 fully saturated rings. The lowest BCUT2D eigenvalue weighted by atomic mass is 11.0. The number of rotatable bonds is 0. The predicted octanol–water partition coefficient (Wildman–Crippen LogP) is -0.302. The van der Waals surface area contributed by atoms with Crippen molar-refractivity contribution in [1.29, 1.82) is 0 Å². The van der Waals surface area contributed by atoms with E-state index in [0.717, 1.165) is 0 Å². The standard InChI is InChI=1S/C3H8N2O.FH/c1-4-3(6)5-2;/h1-2H3,(H2,4,5,6);1H. The number of nitrogens with one attached hydrogen (secondary N) is 2. The maximum Gasteiger partial charge on any atom is 0.314 e. The Bertz CT molecular complexity index is 50.9. The van der Waals surface area contributed by atoms with Crippen LogP contribution in [0.2, 0.25) is 0 Å². The van der Waals surface area contributed by atoms with Gasteiger partial charge in [-0.15, -0.1) is 0 Å². The lowest BCUT2D eigenvalue weighted by Gasteiger charge is -1.91. The van der Waals surface area contributed by atoms with Crippen LogP contribution in [0.15, 0.2) is 0 Å². The lowest BCUT2D eigenvalue weighted by molar-refractivity contribution is 0.245. The highest BCUT2D eigenvalue weighted by Crippen LogP contribution is 1.48. The second-order valence-corrected chi connectivity index (χ2v) is 0.829. The minimum Gasteiger partial charge on any atom is -0.341 e. The fourth-order valence-electron chi connectivity index (χ4n) is 0.125. The van der Waals surface area contributed by atoms with Gasteiger partial charge < -0.3 is 10.6 Å².